The van der Waals surface area contributed by atoms with Crippen LogP contribution in [-0.2, 0) is 7.05 Å². The van der Waals surface area contributed by atoms with E-state index in [4.69, 9.17) is 4.74 Å². The van der Waals surface area contributed by atoms with Gasteiger partial charge in [-0.05, 0) is 34.7 Å². The molecule has 0 radical (unpaired) electrons. The number of hydrogen-bond donors (Lipinski definition) is 0. The highest BCUT2D eigenvalue weighted by Crippen LogP contribution is 2.29. The molecule has 2 rings (SSSR count). The molecule has 1 heterocycles. The molecule has 1 aliphatic rings. The summed E-state index contributed by atoms with van der Waals surface area (Å²) >= 11 is 3.17. The van der Waals surface area contributed by atoms with Crippen LogP contribution < -0.4 is 10.3 Å². The summed E-state index contributed by atoms with van der Waals surface area (Å²) in [5.41, 5.74) is -0.149. The standard InChI is InChI=1S/C9H11BrN2O2/c1-12-9(13)7(10)4-8(11-12)14-5-6-2-3-6/h4,6H,2-3,5H2,1H3. The van der Waals surface area contributed by atoms with Crippen molar-refractivity contribution >= 4 is 15.9 Å². The van der Waals surface area contributed by atoms with Gasteiger partial charge in [-0.2, -0.15) is 0 Å². The quantitative estimate of drug-likeness (QED) is 0.822. The lowest BCUT2D eigenvalue weighted by molar-refractivity contribution is 0.280. The fourth-order valence-corrected chi connectivity index (χ4v) is 1.56. The van der Waals surface area contributed by atoms with Crippen molar-refractivity contribution in [3.63, 3.8) is 0 Å². The second-order valence-corrected chi connectivity index (χ2v) is 4.37. The number of hydrogen-bond acceptors (Lipinski definition) is 3. The van der Waals surface area contributed by atoms with E-state index in [0.29, 0.717) is 22.9 Å². The number of aromatic nitrogens is 2. The van der Waals surface area contributed by atoms with E-state index in [1.54, 1.807) is 13.1 Å². The van der Waals surface area contributed by atoms with Crippen molar-refractivity contribution in [1.29, 1.82) is 0 Å². The molecule has 0 N–H and O–H groups in total. The Kier molecular flexibility index (Phi) is 2.58. The molecule has 5 heteroatoms. The molecule has 1 aromatic rings. The Hall–Kier alpha value is -0.840. The molecule has 1 aliphatic carbocycles. The first-order chi connectivity index (χ1) is 6.66. The van der Waals surface area contributed by atoms with E-state index in [1.165, 1.54) is 17.5 Å². The molecule has 1 fully saturated rings. The second kappa shape index (κ2) is 3.73. The molecule has 0 unspecified atom stereocenters. The number of ether oxygens (including phenoxy) is 1. The fraction of sp³-hybridized carbons (Fsp3) is 0.556. The van der Waals surface area contributed by atoms with Crippen molar-refractivity contribution in [3.8, 4) is 5.88 Å². The van der Waals surface area contributed by atoms with Crippen molar-refractivity contribution in [2.75, 3.05) is 6.61 Å². The topological polar surface area (TPSA) is 44.1 Å². The van der Waals surface area contributed by atoms with E-state index < -0.39 is 0 Å². The van der Waals surface area contributed by atoms with E-state index in [2.05, 4.69) is 21.0 Å². The Morgan fingerprint density at radius 2 is 2.43 bits per heavy atom. The predicted molar refractivity (Wildman–Crippen MR) is 55.4 cm³/mol. The molecule has 1 saturated carbocycles. The monoisotopic (exact) mass is 258 g/mol. The molecule has 14 heavy (non-hydrogen) atoms. The third-order valence-corrected chi connectivity index (χ3v) is 2.73. The van der Waals surface area contributed by atoms with Crippen LogP contribution >= 0.6 is 15.9 Å². The number of halogens is 1. The molecule has 0 atom stereocenters. The smallest absolute Gasteiger partial charge is 0.281 e. The molecule has 4 nitrogen and oxygen atoms in total. The molecule has 76 valence electrons. The van der Waals surface area contributed by atoms with Gasteiger partial charge in [-0.3, -0.25) is 4.79 Å². The first kappa shape index (κ1) is 9.71. The zero-order chi connectivity index (χ0) is 10.1. The molecule has 0 aliphatic heterocycles. The van der Waals surface area contributed by atoms with Crippen molar-refractivity contribution in [2.24, 2.45) is 13.0 Å². The van der Waals surface area contributed by atoms with Crippen LogP contribution in [0, 0.1) is 5.92 Å². The van der Waals surface area contributed by atoms with Gasteiger partial charge in [-0.1, -0.05) is 0 Å². The third-order valence-electron chi connectivity index (χ3n) is 2.16. The Balaban J connectivity index is 2.12. The van der Waals surface area contributed by atoms with Gasteiger partial charge in [-0.25, -0.2) is 4.68 Å². The molecular formula is C9H11BrN2O2. The normalized spacial score (nSPS) is 15.6. The summed E-state index contributed by atoms with van der Waals surface area (Å²) in [4.78, 5) is 11.3. The van der Waals surface area contributed by atoms with Gasteiger partial charge >= 0.3 is 0 Å². The lowest BCUT2D eigenvalue weighted by Gasteiger charge is -2.05. The summed E-state index contributed by atoms with van der Waals surface area (Å²) in [6.45, 7) is 0.706. The van der Waals surface area contributed by atoms with Crippen LogP contribution in [-0.4, -0.2) is 16.4 Å². The maximum atomic E-state index is 11.3. The largest absolute Gasteiger partial charge is 0.476 e. The van der Waals surface area contributed by atoms with Gasteiger partial charge in [0, 0.05) is 13.1 Å². The minimum atomic E-state index is -0.149. The highest BCUT2D eigenvalue weighted by Gasteiger charge is 2.22. The van der Waals surface area contributed by atoms with Crippen molar-refractivity contribution in [2.45, 2.75) is 12.8 Å². The first-order valence-corrected chi connectivity index (χ1v) is 5.33. The zero-order valence-corrected chi connectivity index (χ0v) is 9.45. The SMILES string of the molecule is Cn1nc(OCC2CC2)cc(Br)c1=O. The summed E-state index contributed by atoms with van der Waals surface area (Å²) in [5, 5.41) is 3.99. The van der Waals surface area contributed by atoms with E-state index in [0.717, 1.165) is 0 Å². The third kappa shape index (κ3) is 2.15. The van der Waals surface area contributed by atoms with E-state index in [9.17, 15) is 4.79 Å². The van der Waals surface area contributed by atoms with E-state index in [-0.39, 0.29) is 5.56 Å². The minimum absolute atomic E-state index is 0.149. The van der Waals surface area contributed by atoms with Crippen LogP contribution in [0.3, 0.4) is 0 Å². The van der Waals surface area contributed by atoms with Gasteiger partial charge in [0.15, 0.2) is 0 Å². The van der Waals surface area contributed by atoms with Crippen LogP contribution in [0.5, 0.6) is 5.88 Å². The molecule has 0 amide bonds. The van der Waals surface area contributed by atoms with Crippen LogP contribution in [0.15, 0.2) is 15.3 Å². The number of rotatable bonds is 3. The van der Waals surface area contributed by atoms with Crippen LogP contribution in [0.2, 0.25) is 0 Å². The van der Waals surface area contributed by atoms with Crippen LogP contribution in [0.4, 0.5) is 0 Å². The average molecular weight is 259 g/mol. The lowest BCUT2D eigenvalue weighted by Crippen LogP contribution is -2.20. The highest BCUT2D eigenvalue weighted by atomic mass is 79.9. The van der Waals surface area contributed by atoms with Gasteiger partial charge in [-0.15, -0.1) is 5.10 Å². The summed E-state index contributed by atoms with van der Waals surface area (Å²) in [6.07, 6.45) is 2.49. The predicted octanol–water partition coefficient (Wildman–Crippen LogP) is 1.33. The van der Waals surface area contributed by atoms with Gasteiger partial charge in [0.05, 0.1) is 11.1 Å². The Bertz CT molecular complexity index is 372. The van der Waals surface area contributed by atoms with Crippen molar-refractivity contribution < 1.29 is 4.74 Å². The second-order valence-electron chi connectivity index (χ2n) is 3.51. The summed E-state index contributed by atoms with van der Waals surface area (Å²) < 4.78 is 7.20. The Morgan fingerprint density at radius 3 is 3.00 bits per heavy atom. The summed E-state index contributed by atoms with van der Waals surface area (Å²) in [6, 6.07) is 1.62. The Labute approximate surface area is 90.0 Å². The first-order valence-electron chi connectivity index (χ1n) is 4.53. The minimum Gasteiger partial charge on any atom is -0.476 e. The van der Waals surface area contributed by atoms with Gasteiger partial charge in [0.1, 0.15) is 0 Å². The van der Waals surface area contributed by atoms with Crippen LogP contribution in [0.1, 0.15) is 12.8 Å². The van der Waals surface area contributed by atoms with Crippen molar-refractivity contribution in [1.82, 2.24) is 9.78 Å². The highest BCUT2D eigenvalue weighted by molar-refractivity contribution is 9.10. The number of aryl methyl sites for hydroxylation is 1. The molecular weight excluding hydrogens is 248 g/mol. The maximum absolute atomic E-state index is 11.3. The summed E-state index contributed by atoms with van der Waals surface area (Å²) in [7, 11) is 1.61. The molecule has 0 bridgehead atoms. The van der Waals surface area contributed by atoms with E-state index >= 15 is 0 Å². The molecule has 0 spiro atoms. The average Bonchev–Trinajstić information content (AvgIpc) is 2.94. The Morgan fingerprint density at radius 1 is 1.71 bits per heavy atom. The van der Waals surface area contributed by atoms with Crippen LogP contribution in [0.25, 0.3) is 0 Å². The van der Waals surface area contributed by atoms with Gasteiger partial charge in [0.2, 0.25) is 5.88 Å². The van der Waals surface area contributed by atoms with Gasteiger partial charge < -0.3 is 4.74 Å². The lowest BCUT2D eigenvalue weighted by atomic mass is 10.5. The zero-order valence-electron chi connectivity index (χ0n) is 7.86. The molecule has 0 aromatic carbocycles. The molecule has 0 saturated heterocycles. The summed E-state index contributed by atoms with van der Waals surface area (Å²) in [5.74, 6) is 1.19. The van der Waals surface area contributed by atoms with Crippen molar-refractivity contribution in [3.05, 3.63) is 20.9 Å². The molecule has 1 aromatic heterocycles. The van der Waals surface area contributed by atoms with Gasteiger partial charge in [0.25, 0.3) is 5.56 Å². The fourth-order valence-electron chi connectivity index (χ4n) is 1.11. The van der Waals surface area contributed by atoms with E-state index in [1.807, 2.05) is 0 Å². The maximum Gasteiger partial charge on any atom is 0.281 e. The number of nitrogens with zero attached hydrogens (tertiary/aromatic N) is 2.